The molecule has 0 N–H and O–H groups in total. The van der Waals surface area contributed by atoms with Crippen LogP contribution in [0.5, 0.6) is 5.75 Å². The summed E-state index contributed by atoms with van der Waals surface area (Å²) in [5.41, 5.74) is 1.01. The molecule has 5 nitrogen and oxygen atoms in total. The molecule has 0 amide bonds. The molecule has 214 valence electrons. The molecule has 7 heteroatoms. The second kappa shape index (κ2) is 12.2. The number of benzene rings is 1. The minimum Gasteiger partial charge on any atom is -0.497 e. The molecule has 1 aromatic rings. The van der Waals surface area contributed by atoms with Crippen molar-refractivity contribution in [3.05, 3.63) is 29.8 Å². The van der Waals surface area contributed by atoms with Gasteiger partial charge in [0.15, 0.2) is 22.9 Å². The molecule has 1 aliphatic rings. The zero-order chi connectivity index (χ0) is 28.4. The second-order valence-corrected chi connectivity index (χ2v) is 23.8. The summed E-state index contributed by atoms with van der Waals surface area (Å²) in [5, 5.41) is 0.302. The van der Waals surface area contributed by atoms with E-state index in [0.717, 1.165) is 11.3 Å². The summed E-state index contributed by atoms with van der Waals surface area (Å²) in [4.78, 5) is 0. The minimum absolute atomic E-state index is 0.0194. The molecule has 0 spiro atoms. The lowest BCUT2D eigenvalue weighted by atomic mass is 9.84. The monoisotopic (exact) mass is 552 g/mol. The van der Waals surface area contributed by atoms with E-state index < -0.39 is 16.6 Å². The van der Waals surface area contributed by atoms with Crippen LogP contribution in [-0.2, 0) is 18.3 Å². The summed E-state index contributed by atoms with van der Waals surface area (Å²) in [6.45, 7) is 31.4. The molecule has 0 aliphatic carbocycles. The van der Waals surface area contributed by atoms with E-state index in [-0.39, 0.29) is 46.3 Å². The summed E-state index contributed by atoms with van der Waals surface area (Å²) in [6.07, 6.45) is -0.333. The lowest BCUT2D eigenvalue weighted by Gasteiger charge is -2.47. The molecule has 1 heterocycles. The molecule has 1 saturated heterocycles. The van der Waals surface area contributed by atoms with Gasteiger partial charge in [-0.2, -0.15) is 0 Å². The van der Waals surface area contributed by atoms with Gasteiger partial charge in [-0.15, -0.1) is 0 Å². The molecule has 0 radical (unpaired) electrons. The molecule has 0 bridgehead atoms. The Bertz CT molecular complexity index is 841. The lowest BCUT2D eigenvalue weighted by molar-refractivity contribution is -0.257. The quantitative estimate of drug-likeness (QED) is 0.273. The Morgan fingerprint density at radius 2 is 1.46 bits per heavy atom. The Labute approximate surface area is 230 Å². The molecule has 1 fully saturated rings. The third-order valence-electron chi connectivity index (χ3n) is 9.09. The van der Waals surface area contributed by atoms with Crippen LogP contribution in [0, 0.1) is 17.8 Å². The van der Waals surface area contributed by atoms with Gasteiger partial charge >= 0.3 is 0 Å². The van der Waals surface area contributed by atoms with Crippen LogP contribution in [-0.4, -0.2) is 49.2 Å². The maximum atomic E-state index is 7.19. The Morgan fingerprint density at radius 3 is 1.95 bits per heavy atom. The summed E-state index contributed by atoms with van der Waals surface area (Å²) in [7, 11) is -2.21. The first-order chi connectivity index (χ1) is 16.8. The van der Waals surface area contributed by atoms with Crippen LogP contribution < -0.4 is 4.74 Å². The van der Waals surface area contributed by atoms with Crippen molar-refractivity contribution in [1.29, 1.82) is 0 Å². The summed E-state index contributed by atoms with van der Waals surface area (Å²) in [5.74, 6) is 1.53. The summed E-state index contributed by atoms with van der Waals surface area (Å²) in [6, 6.07) is 7.98. The average molecular weight is 553 g/mol. The zero-order valence-corrected chi connectivity index (χ0v) is 28.2. The molecule has 0 saturated carbocycles. The first kappa shape index (κ1) is 32.5. The van der Waals surface area contributed by atoms with Gasteiger partial charge in [0.2, 0.25) is 0 Å². The van der Waals surface area contributed by atoms with Crippen molar-refractivity contribution in [2.75, 3.05) is 20.3 Å². The van der Waals surface area contributed by atoms with Crippen molar-refractivity contribution in [2.24, 2.45) is 17.8 Å². The van der Waals surface area contributed by atoms with E-state index >= 15 is 0 Å². The highest BCUT2D eigenvalue weighted by molar-refractivity contribution is 6.74. The topological polar surface area (TPSA) is 46.2 Å². The SMILES string of the molecule is COc1ccc([C@H]2OC[C@H](C)[C@@H]([C@H](C)[C@@H](O[Si](C)(C)C(C)(C)C)[C@@H](C)CO[Si](C)(C)C(C)(C)C)O2)cc1. The normalized spacial score (nSPS) is 24.4. The molecule has 0 unspecified atom stereocenters. The van der Waals surface area contributed by atoms with Crippen molar-refractivity contribution < 1.29 is 23.1 Å². The van der Waals surface area contributed by atoms with Crippen molar-refractivity contribution in [3.8, 4) is 5.75 Å². The molecule has 1 aliphatic heterocycles. The Balaban J connectivity index is 2.30. The Hall–Kier alpha value is -0.706. The van der Waals surface area contributed by atoms with Crippen molar-refractivity contribution in [3.63, 3.8) is 0 Å². The highest BCUT2D eigenvalue weighted by Crippen LogP contribution is 2.43. The van der Waals surface area contributed by atoms with Gasteiger partial charge < -0.3 is 23.1 Å². The number of rotatable bonds is 10. The molecule has 1 aromatic carbocycles. The fraction of sp³-hybridized carbons (Fsp3) is 0.800. The van der Waals surface area contributed by atoms with Crippen LogP contribution in [0.1, 0.15) is 74.2 Å². The van der Waals surface area contributed by atoms with E-state index in [0.29, 0.717) is 13.2 Å². The van der Waals surface area contributed by atoms with Crippen LogP contribution in [0.3, 0.4) is 0 Å². The van der Waals surface area contributed by atoms with Gasteiger partial charge in [0, 0.05) is 29.9 Å². The van der Waals surface area contributed by atoms with Crippen LogP contribution in [0.4, 0.5) is 0 Å². The molecule has 37 heavy (non-hydrogen) atoms. The largest absolute Gasteiger partial charge is 0.497 e. The van der Waals surface area contributed by atoms with Gasteiger partial charge in [-0.3, -0.25) is 0 Å². The van der Waals surface area contributed by atoms with Crippen molar-refractivity contribution in [1.82, 2.24) is 0 Å². The fourth-order valence-corrected chi connectivity index (χ4v) is 6.92. The van der Waals surface area contributed by atoms with Gasteiger partial charge in [0.1, 0.15) is 5.75 Å². The lowest BCUT2D eigenvalue weighted by Crippen LogP contribution is -2.53. The van der Waals surface area contributed by atoms with Gasteiger partial charge in [-0.05, 0) is 48.4 Å². The van der Waals surface area contributed by atoms with E-state index in [1.54, 1.807) is 7.11 Å². The maximum absolute atomic E-state index is 7.19. The predicted octanol–water partition coefficient (Wildman–Crippen LogP) is 8.43. The highest BCUT2D eigenvalue weighted by atomic mass is 28.4. The number of ether oxygens (including phenoxy) is 3. The predicted molar refractivity (Wildman–Crippen MR) is 159 cm³/mol. The van der Waals surface area contributed by atoms with Gasteiger partial charge in [0.25, 0.3) is 0 Å². The average Bonchev–Trinajstić information content (AvgIpc) is 2.79. The maximum Gasteiger partial charge on any atom is 0.192 e. The third kappa shape index (κ3) is 8.15. The first-order valence-electron chi connectivity index (χ1n) is 14.0. The summed E-state index contributed by atoms with van der Waals surface area (Å²) < 4.78 is 32.1. The Morgan fingerprint density at radius 1 is 0.919 bits per heavy atom. The van der Waals surface area contributed by atoms with E-state index in [1.165, 1.54) is 0 Å². The van der Waals surface area contributed by atoms with E-state index in [1.807, 2.05) is 24.3 Å². The first-order valence-corrected chi connectivity index (χ1v) is 19.8. The van der Waals surface area contributed by atoms with E-state index in [2.05, 4.69) is 88.5 Å². The molecular weight excluding hydrogens is 496 g/mol. The standard InChI is InChI=1S/C30H56O5Si2/c1-21-19-32-28(24-15-17-25(31-10)18-16-24)34-26(21)23(3)27(35-37(13,14)30(7,8)9)22(2)20-33-36(11,12)29(4,5)6/h15-18,21-23,26-28H,19-20H2,1-14H3/t21-,22-,23-,26-,27-,28-/m0/s1. The molecule has 0 aromatic heterocycles. The van der Waals surface area contributed by atoms with Crippen LogP contribution in [0.25, 0.3) is 0 Å². The van der Waals surface area contributed by atoms with Gasteiger partial charge in [-0.1, -0.05) is 74.4 Å². The molecule has 2 rings (SSSR count). The third-order valence-corrected chi connectivity index (χ3v) is 18.1. The Kier molecular flexibility index (Phi) is 10.7. The number of hydrogen-bond acceptors (Lipinski definition) is 5. The minimum atomic E-state index is -2.03. The highest BCUT2D eigenvalue weighted by Gasteiger charge is 2.46. The number of methoxy groups -OCH3 is 1. The van der Waals surface area contributed by atoms with Crippen molar-refractivity contribution >= 4 is 16.6 Å². The van der Waals surface area contributed by atoms with E-state index in [9.17, 15) is 0 Å². The van der Waals surface area contributed by atoms with Crippen molar-refractivity contribution in [2.45, 2.75) is 117 Å². The molecular formula is C30H56O5Si2. The smallest absolute Gasteiger partial charge is 0.192 e. The van der Waals surface area contributed by atoms with Gasteiger partial charge in [0.05, 0.1) is 25.9 Å². The summed E-state index contributed by atoms with van der Waals surface area (Å²) >= 11 is 0. The van der Waals surface area contributed by atoms with Crippen LogP contribution >= 0.6 is 0 Å². The van der Waals surface area contributed by atoms with Crippen LogP contribution in [0.2, 0.25) is 36.3 Å². The fourth-order valence-electron chi connectivity index (χ4n) is 4.32. The van der Waals surface area contributed by atoms with Gasteiger partial charge in [-0.25, -0.2) is 0 Å². The number of hydrogen-bond donors (Lipinski definition) is 0. The zero-order valence-electron chi connectivity index (χ0n) is 26.2. The molecule has 6 atom stereocenters. The van der Waals surface area contributed by atoms with Crippen LogP contribution in [0.15, 0.2) is 24.3 Å². The second-order valence-electron chi connectivity index (χ2n) is 14.3. The van der Waals surface area contributed by atoms with E-state index in [4.69, 9.17) is 23.1 Å².